The van der Waals surface area contributed by atoms with Crippen molar-refractivity contribution >= 4 is 0 Å². The first-order chi connectivity index (χ1) is 16.7. The molecule has 0 atom stereocenters. The summed E-state index contributed by atoms with van der Waals surface area (Å²) in [6.07, 6.45) is 1.57. The molecule has 0 aliphatic rings. The summed E-state index contributed by atoms with van der Waals surface area (Å²) < 4.78 is 19.0. The molecule has 5 nitrogen and oxygen atoms in total. The first-order valence-electron chi connectivity index (χ1n) is 11.4. The van der Waals surface area contributed by atoms with E-state index >= 15 is 0 Å². The zero-order valence-electron chi connectivity index (χ0n) is 19.4. The maximum Gasteiger partial charge on any atom is 0.232 e. The van der Waals surface area contributed by atoms with Crippen molar-refractivity contribution in [2.24, 2.45) is 0 Å². The monoisotopic (exact) mass is 455 g/mol. The summed E-state index contributed by atoms with van der Waals surface area (Å²) >= 11 is 0. The molecule has 0 bridgehead atoms. The van der Waals surface area contributed by atoms with Crippen molar-refractivity contribution in [1.29, 1.82) is 0 Å². The Labute approximate surface area is 200 Å². The molecule has 0 spiro atoms. The number of pyridine rings is 1. The van der Waals surface area contributed by atoms with E-state index in [0.717, 1.165) is 32.5 Å². The van der Waals surface area contributed by atoms with Crippen LogP contribution < -0.4 is 9.47 Å². The molecule has 0 unspecified atom stereocenters. The van der Waals surface area contributed by atoms with Gasteiger partial charge < -0.3 is 19.4 Å². The lowest BCUT2D eigenvalue weighted by Gasteiger charge is -2.18. The zero-order chi connectivity index (χ0) is 23.6. The third kappa shape index (κ3) is 6.44. The highest BCUT2D eigenvalue weighted by Crippen LogP contribution is 2.27. The van der Waals surface area contributed by atoms with E-state index in [-0.39, 0.29) is 6.61 Å². The molecule has 1 aromatic heterocycles. The summed E-state index contributed by atoms with van der Waals surface area (Å²) in [6, 6.07) is 29.9. The molecule has 0 N–H and O–H groups in total. The van der Waals surface area contributed by atoms with Crippen LogP contribution in [0, 0.1) is 12.1 Å². The average Bonchev–Trinajstić information content (AvgIpc) is 2.88. The first kappa shape index (κ1) is 23.5. The highest BCUT2D eigenvalue weighted by molar-refractivity contribution is 5.39. The van der Waals surface area contributed by atoms with Crippen LogP contribution in [-0.2, 0) is 42.5 Å². The fraction of sp³-hybridized carbons (Fsp3) is 0.207. The van der Waals surface area contributed by atoms with Crippen LogP contribution in [0.5, 0.6) is 5.75 Å². The van der Waals surface area contributed by atoms with Gasteiger partial charge in [-0.3, -0.25) is 0 Å². The van der Waals surface area contributed by atoms with Gasteiger partial charge in [0.05, 0.1) is 32.0 Å². The number of nitrogens with zero attached hydrogens (tertiary/aromatic N) is 1. The predicted octanol–water partition coefficient (Wildman–Crippen LogP) is 5.64. The quantitative estimate of drug-likeness (QED) is 0.217. The Kier molecular flexibility index (Phi) is 8.27. The minimum Gasteiger partial charge on any atom is -0.618 e. The lowest BCUT2D eigenvalue weighted by molar-refractivity contribution is -0.613. The van der Waals surface area contributed by atoms with E-state index < -0.39 is 0 Å². The van der Waals surface area contributed by atoms with Gasteiger partial charge in [-0.1, -0.05) is 91.0 Å². The summed E-state index contributed by atoms with van der Waals surface area (Å²) in [4.78, 5) is 0. The number of aromatic nitrogens is 1. The summed E-state index contributed by atoms with van der Waals surface area (Å²) in [5, 5.41) is 12.7. The van der Waals surface area contributed by atoms with E-state index in [4.69, 9.17) is 14.2 Å². The zero-order valence-corrected chi connectivity index (χ0v) is 19.4. The molecule has 0 aliphatic carbocycles. The number of rotatable bonds is 11. The van der Waals surface area contributed by atoms with Gasteiger partial charge in [-0.05, 0) is 16.7 Å². The molecule has 0 amide bonds. The van der Waals surface area contributed by atoms with Crippen molar-refractivity contribution in [3.63, 3.8) is 0 Å². The van der Waals surface area contributed by atoms with Crippen molar-refractivity contribution in [2.75, 3.05) is 0 Å². The second-order valence-corrected chi connectivity index (χ2v) is 8.10. The van der Waals surface area contributed by atoms with Gasteiger partial charge in [-0.25, -0.2) is 0 Å². The highest BCUT2D eigenvalue weighted by Gasteiger charge is 2.21. The van der Waals surface area contributed by atoms with Crippen LogP contribution in [0.25, 0.3) is 0 Å². The summed E-state index contributed by atoms with van der Waals surface area (Å²) in [6.45, 7) is 3.64. The fourth-order valence-corrected chi connectivity index (χ4v) is 3.68. The van der Waals surface area contributed by atoms with Crippen LogP contribution in [0.4, 0.5) is 0 Å². The van der Waals surface area contributed by atoms with E-state index in [1.54, 1.807) is 13.1 Å². The van der Waals surface area contributed by atoms with E-state index in [9.17, 15) is 5.21 Å². The molecule has 4 rings (SSSR count). The maximum absolute atomic E-state index is 12.7. The van der Waals surface area contributed by atoms with Gasteiger partial charge in [-0.2, -0.15) is 4.73 Å². The van der Waals surface area contributed by atoms with Gasteiger partial charge in [-0.15, -0.1) is 0 Å². The Morgan fingerprint density at radius 3 is 1.62 bits per heavy atom. The largest absolute Gasteiger partial charge is 0.618 e. The molecule has 0 aliphatic heterocycles. The van der Waals surface area contributed by atoms with E-state index in [1.807, 2.05) is 91.0 Å². The van der Waals surface area contributed by atoms with Gasteiger partial charge in [0.15, 0.2) is 11.9 Å². The van der Waals surface area contributed by atoms with Crippen LogP contribution in [-0.4, -0.2) is 0 Å². The first-order valence-corrected chi connectivity index (χ1v) is 11.4. The minimum absolute atomic E-state index is 0.281. The number of hydrogen-bond donors (Lipinski definition) is 0. The van der Waals surface area contributed by atoms with E-state index in [0.29, 0.717) is 37.9 Å². The fourth-order valence-electron chi connectivity index (χ4n) is 3.68. The van der Waals surface area contributed by atoms with Crippen LogP contribution in [0.2, 0.25) is 0 Å². The Balaban J connectivity index is 1.54. The van der Waals surface area contributed by atoms with Gasteiger partial charge in [0.2, 0.25) is 5.69 Å². The number of benzene rings is 3. The van der Waals surface area contributed by atoms with Crippen molar-refractivity contribution in [3.05, 3.63) is 136 Å². The average molecular weight is 456 g/mol. The lowest BCUT2D eigenvalue weighted by atomic mass is 10.1. The van der Waals surface area contributed by atoms with Gasteiger partial charge in [0.25, 0.3) is 0 Å². The standard InChI is InChI=1S/C29H29NO4/c1-23-29(34-20-26-15-9-4-10-16-26)28(22-33-19-25-13-7-3-8-14-25)27(17-30(23)31)21-32-18-24-11-5-2-6-12-24/h2-17H,18-22H2,1H3. The van der Waals surface area contributed by atoms with Crippen molar-refractivity contribution in [1.82, 2.24) is 0 Å². The van der Waals surface area contributed by atoms with Crippen molar-refractivity contribution in [2.45, 2.75) is 40.0 Å². The molecule has 34 heavy (non-hydrogen) atoms. The summed E-state index contributed by atoms with van der Waals surface area (Å²) in [5.74, 6) is 0.549. The third-order valence-electron chi connectivity index (χ3n) is 5.55. The van der Waals surface area contributed by atoms with Crippen LogP contribution in [0.15, 0.2) is 97.2 Å². The smallest absolute Gasteiger partial charge is 0.232 e. The van der Waals surface area contributed by atoms with Crippen LogP contribution in [0.1, 0.15) is 33.5 Å². The molecule has 5 heteroatoms. The van der Waals surface area contributed by atoms with Gasteiger partial charge >= 0.3 is 0 Å². The van der Waals surface area contributed by atoms with Gasteiger partial charge in [0.1, 0.15) is 6.61 Å². The van der Waals surface area contributed by atoms with E-state index in [1.165, 1.54) is 0 Å². The van der Waals surface area contributed by atoms with Crippen LogP contribution >= 0.6 is 0 Å². The molecule has 0 saturated carbocycles. The minimum atomic E-state index is 0.281. The lowest BCUT2D eigenvalue weighted by Crippen LogP contribution is -2.32. The SMILES string of the molecule is Cc1c(OCc2ccccc2)c(COCc2ccccc2)c(COCc2ccccc2)c[n+]1[O-]. The predicted molar refractivity (Wildman–Crippen MR) is 131 cm³/mol. The second-order valence-electron chi connectivity index (χ2n) is 8.10. The van der Waals surface area contributed by atoms with Crippen molar-refractivity contribution in [3.8, 4) is 5.75 Å². The molecular formula is C29H29NO4. The molecular weight excluding hydrogens is 426 g/mol. The summed E-state index contributed by atoms with van der Waals surface area (Å²) in [7, 11) is 0. The van der Waals surface area contributed by atoms with Gasteiger partial charge in [0, 0.05) is 12.5 Å². The summed E-state index contributed by atoms with van der Waals surface area (Å²) in [5.41, 5.74) is 5.29. The molecule has 4 aromatic rings. The van der Waals surface area contributed by atoms with Crippen LogP contribution in [0.3, 0.4) is 0 Å². The highest BCUT2D eigenvalue weighted by atomic mass is 16.5. The number of hydrogen-bond acceptors (Lipinski definition) is 4. The van der Waals surface area contributed by atoms with Crippen molar-refractivity contribution < 1.29 is 18.9 Å². The molecule has 0 radical (unpaired) electrons. The maximum atomic E-state index is 12.7. The molecule has 174 valence electrons. The Morgan fingerprint density at radius 1 is 0.618 bits per heavy atom. The third-order valence-corrected chi connectivity index (χ3v) is 5.55. The number of ether oxygens (including phenoxy) is 3. The normalized spacial score (nSPS) is 10.9. The topological polar surface area (TPSA) is 54.6 Å². The second kappa shape index (κ2) is 12.0. The Hall–Kier alpha value is -3.67. The molecule has 0 fully saturated rings. The molecule has 0 saturated heterocycles. The molecule has 1 heterocycles. The Morgan fingerprint density at radius 2 is 1.09 bits per heavy atom. The Bertz CT molecular complexity index is 1170. The molecule has 3 aromatic carbocycles. The van der Waals surface area contributed by atoms with E-state index in [2.05, 4.69) is 0 Å².